The molecule has 3 atom stereocenters. The first-order valence-electron chi connectivity index (χ1n) is 5.82. The van der Waals surface area contributed by atoms with Crippen LogP contribution in [0.4, 0.5) is 4.39 Å². The second-order valence-electron chi connectivity index (χ2n) is 4.91. The van der Waals surface area contributed by atoms with E-state index in [4.69, 9.17) is 5.11 Å². The van der Waals surface area contributed by atoms with E-state index in [2.05, 4.69) is 13.5 Å². The van der Waals surface area contributed by atoms with Gasteiger partial charge in [-0.05, 0) is 43.9 Å². The third-order valence-corrected chi connectivity index (χ3v) is 3.03. The Kier molecular flexibility index (Phi) is 7.67. The van der Waals surface area contributed by atoms with Gasteiger partial charge in [0.2, 0.25) is 0 Å². The molecule has 0 aromatic heterocycles. The molecule has 1 nitrogen and oxygen atoms in total. The van der Waals surface area contributed by atoms with Gasteiger partial charge in [-0.25, -0.2) is 0 Å². The monoisotopic (exact) mass is 216 g/mol. The molecule has 2 heteroatoms. The van der Waals surface area contributed by atoms with Gasteiger partial charge in [-0.3, -0.25) is 4.39 Å². The molecule has 0 saturated heterocycles. The summed E-state index contributed by atoms with van der Waals surface area (Å²) in [4.78, 5) is 0. The minimum Gasteiger partial charge on any atom is -0.396 e. The number of aliphatic hydroxyl groups is 1. The summed E-state index contributed by atoms with van der Waals surface area (Å²) < 4.78 is 12.8. The zero-order chi connectivity index (χ0) is 11.8. The molecule has 0 aliphatic heterocycles. The van der Waals surface area contributed by atoms with Gasteiger partial charge >= 0.3 is 0 Å². The van der Waals surface area contributed by atoms with Crippen LogP contribution in [-0.2, 0) is 0 Å². The topological polar surface area (TPSA) is 20.2 Å². The fraction of sp³-hybridized carbons (Fsp3) is 0.846. The summed E-state index contributed by atoms with van der Waals surface area (Å²) in [5, 5.41) is 8.95. The molecule has 90 valence electrons. The van der Waals surface area contributed by atoms with Crippen molar-refractivity contribution in [3.05, 3.63) is 12.2 Å². The highest BCUT2D eigenvalue weighted by atomic mass is 19.1. The minimum atomic E-state index is -0.257. The van der Waals surface area contributed by atoms with Crippen LogP contribution in [0.25, 0.3) is 0 Å². The van der Waals surface area contributed by atoms with Gasteiger partial charge in [-0.15, -0.1) is 6.58 Å². The van der Waals surface area contributed by atoms with Crippen LogP contribution in [0.15, 0.2) is 12.2 Å². The first-order valence-corrected chi connectivity index (χ1v) is 5.82. The zero-order valence-electron chi connectivity index (χ0n) is 10.3. The van der Waals surface area contributed by atoms with E-state index in [1.807, 2.05) is 13.8 Å². The van der Waals surface area contributed by atoms with Gasteiger partial charge in [0.25, 0.3) is 0 Å². The number of hydrogen-bond acceptors (Lipinski definition) is 1. The summed E-state index contributed by atoms with van der Waals surface area (Å²) in [6.07, 6.45) is 2.69. The number of aliphatic hydroxyl groups excluding tert-OH is 1. The van der Waals surface area contributed by atoms with Crippen LogP contribution in [0.1, 0.15) is 40.0 Å². The summed E-state index contributed by atoms with van der Waals surface area (Å²) in [5.74, 6) is 0.742. The third-order valence-electron chi connectivity index (χ3n) is 3.03. The van der Waals surface area contributed by atoms with Crippen LogP contribution in [0, 0.1) is 17.8 Å². The number of alkyl halides is 1. The lowest BCUT2D eigenvalue weighted by Gasteiger charge is -2.23. The molecule has 0 radical (unpaired) electrons. The predicted molar refractivity (Wildman–Crippen MR) is 63.5 cm³/mol. The predicted octanol–water partition coefficient (Wildman–Crippen LogP) is 3.58. The standard InChI is InChI=1S/C13H25FO/c1-10(2)5-6-13(8-14)12(4)7-11(3)9-15/h11-13,15H,1,5-9H2,2-4H3/t11-,12+,13-/m1/s1. The van der Waals surface area contributed by atoms with E-state index in [1.165, 1.54) is 0 Å². The highest BCUT2D eigenvalue weighted by Crippen LogP contribution is 2.25. The molecular weight excluding hydrogens is 191 g/mol. The third kappa shape index (κ3) is 6.67. The lowest BCUT2D eigenvalue weighted by atomic mass is 9.84. The van der Waals surface area contributed by atoms with Gasteiger partial charge in [-0.2, -0.15) is 0 Å². The van der Waals surface area contributed by atoms with Crippen molar-refractivity contribution in [3.63, 3.8) is 0 Å². The van der Waals surface area contributed by atoms with E-state index in [0.717, 1.165) is 24.8 Å². The summed E-state index contributed by atoms with van der Waals surface area (Å²) in [7, 11) is 0. The average molecular weight is 216 g/mol. The first kappa shape index (κ1) is 14.6. The van der Waals surface area contributed by atoms with E-state index in [1.54, 1.807) is 0 Å². The molecule has 0 spiro atoms. The van der Waals surface area contributed by atoms with Gasteiger partial charge in [0.05, 0.1) is 6.67 Å². The van der Waals surface area contributed by atoms with Gasteiger partial charge in [0.1, 0.15) is 0 Å². The molecular formula is C13H25FO. The maximum atomic E-state index is 12.8. The normalized spacial score (nSPS) is 17.1. The van der Waals surface area contributed by atoms with Gasteiger partial charge in [0, 0.05) is 6.61 Å². The molecule has 0 aliphatic rings. The van der Waals surface area contributed by atoms with Crippen LogP contribution in [0.2, 0.25) is 0 Å². The van der Waals surface area contributed by atoms with Crippen molar-refractivity contribution in [1.82, 2.24) is 0 Å². The number of allylic oxidation sites excluding steroid dienone is 1. The van der Waals surface area contributed by atoms with Crippen molar-refractivity contribution in [1.29, 1.82) is 0 Å². The Hall–Kier alpha value is -0.370. The van der Waals surface area contributed by atoms with E-state index >= 15 is 0 Å². The fourth-order valence-electron chi connectivity index (χ4n) is 1.85. The van der Waals surface area contributed by atoms with Crippen LogP contribution >= 0.6 is 0 Å². The summed E-state index contributed by atoms with van der Waals surface area (Å²) in [6.45, 7) is 9.84. The van der Waals surface area contributed by atoms with Gasteiger partial charge in [-0.1, -0.05) is 19.4 Å². The van der Waals surface area contributed by atoms with E-state index in [9.17, 15) is 4.39 Å². The maximum absolute atomic E-state index is 12.8. The maximum Gasteiger partial charge on any atom is 0.0925 e. The largest absolute Gasteiger partial charge is 0.396 e. The number of halogens is 1. The van der Waals surface area contributed by atoms with E-state index in [0.29, 0.717) is 5.92 Å². The second kappa shape index (κ2) is 7.86. The molecule has 0 unspecified atom stereocenters. The van der Waals surface area contributed by atoms with E-state index in [-0.39, 0.29) is 25.1 Å². The molecule has 0 aromatic rings. The Morgan fingerprint density at radius 3 is 2.40 bits per heavy atom. The smallest absolute Gasteiger partial charge is 0.0925 e. The Labute approximate surface area is 93.4 Å². The van der Waals surface area contributed by atoms with Crippen LogP contribution in [0.3, 0.4) is 0 Å². The first-order chi connectivity index (χ1) is 7.01. The van der Waals surface area contributed by atoms with Crippen molar-refractivity contribution in [2.45, 2.75) is 40.0 Å². The average Bonchev–Trinajstić information content (AvgIpc) is 2.18. The van der Waals surface area contributed by atoms with Crippen molar-refractivity contribution in [3.8, 4) is 0 Å². The van der Waals surface area contributed by atoms with Gasteiger partial charge < -0.3 is 5.11 Å². The molecule has 0 rings (SSSR count). The highest BCUT2D eigenvalue weighted by Gasteiger charge is 2.19. The highest BCUT2D eigenvalue weighted by molar-refractivity contribution is 4.88. The fourth-order valence-corrected chi connectivity index (χ4v) is 1.85. The van der Waals surface area contributed by atoms with Crippen LogP contribution in [0.5, 0.6) is 0 Å². The Morgan fingerprint density at radius 1 is 1.40 bits per heavy atom. The summed E-state index contributed by atoms with van der Waals surface area (Å²) in [6, 6.07) is 0. The van der Waals surface area contributed by atoms with Crippen molar-refractivity contribution in [2.75, 3.05) is 13.3 Å². The number of hydrogen-bond donors (Lipinski definition) is 1. The molecule has 1 N–H and O–H groups in total. The molecule has 0 fully saturated rings. The molecule has 0 saturated carbocycles. The lowest BCUT2D eigenvalue weighted by Crippen LogP contribution is -2.18. The molecule has 0 aromatic carbocycles. The minimum absolute atomic E-state index is 0.121. The molecule has 15 heavy (non-hydrogen) atoms. The van der Waals surface area contributed by atoms with Crippen molar-refractivity contribution < 1.29 is 9.50 Å². The molecule has 0 aliphatic carbocycles. The van der Waals surface area contributed by atoms with Crippen molar-refractivity contribution in [2.24, 2.45) is 17.8 Å². The Bertz CT molecular complexity index is 179. The zero-order valence-corrected chi connectivity index (χ0v) is 10.3. The Morgan fingerprint density at radius 2 is 2.00 bits per heavy atom. The van der Waals surface area contributed by atoms with Crippen molar-refractivity contribution >= 4 is 0 Å². The molecule has 0 amide bonds. The summed E-state index contributed by atoms with van der Waals surface area (Å²) >= 11 is 0. The summed E-state index contributed by atoms with van der Waals surface area (Å²) in [5.41, 5.74) is 1.12. The van der Waals surface area contributed by atoms with Gasteiger partial charge in [0.15, 0.2) is 0 Å². The van der Waals surface area contributed by atoms with E-state index < -0.39 is 0 Å². The second-order valence-corrected chi connectivity index (χ2v) is 4.91. The van der Waals surface area contributed by atoms with Crippen LogP contribution in [-0.4, -0.2) is 18.4 Å². The Balaban J connectivity index is 3.97. The van der Waals surface area contributed by atoms with Crippen LogP contribution < -0.4 is 0 Å². The SMILES string of the molecule is C=C(C)CC[C@H](CF)[C@@H](C)C[C@@H](C)CO. The number of rotatable bonds is 8. The lowest BCUT2D eigenvalue weighted by molar-refractivity contribution is 0.178. The molecule has 0 heterocycles. The quantitative estimate of drug-likeness (QED) is 0.615. The molecule has 0 bridgehead atoms.